The number of hydrogen-bond acceptors (Lipinski definition) is 2. The summed E-state index contributed by atoms with van der Waals surface area (Å²) < 4.78 is 0.876. The Labute approximate surface area is 96.9 Å². The van der Waals surface area contributed by atoms with E-state index in [2.05, 4.69) is 15.9 Å². The zero-order valence-electron chi connectivity index (χ0n) is 8.35. The fourth-order valence-electron chi connectivity index (χ4n) is 1.41. The van der Waals surface area contributed by atoms with Gasteiger partial charge in [0, 0.05) is 4.47 Å². The van der Waals surface area contributed by atoms with Crippen molar-refractivity contribution < 1.29 is 15.0 Å². The van der Waals surface area contributed by atoms with E-state index >= 15 is 0 Å². The fraction of sp³-hybridized carbons (Fsp3) is 0.364. The first-order valence-electron chi connectivity index (χ1n) is 4.66. The fourth-order valence-corrected chi connectivity index (χ4v) is 1.82. The highest BCUT2D eigenvalue weighted by Gasteiger charge is 2.19. The molecular weight excluding hydrogens is 260 g/mol. The summed E-state index contributed by atoms with van der Waals surface area (Å²) in [6.07, 6.45) is -0.771. The average molecular weight is 273 g/mol. The minimum absolute atomic E-state index is 0.0340. The third-order valence-electron chi connectivity index (χ3n) is 2.23. The van der Waals surface area contributed by atoms with E-state index in [1.54, 1.807) is 19.1 Å². The Morgan fingerprint density at radius 2 is 2.20 bits per heavy atom. The van der Waals surface area contributed by atoms with Gasteiger partial charge < -0.3 is 10.2 Å². The van der Waals surface area contributed by atoms with Gasteiger partial charge in [-0.1, -0.05) is 35.0 Å². The molecule has 3 nitrogen and oxygen atoms in total. The van der Waals surface area contributed by atoms with Crippen molar-refractivity contribution in [1.82, 2.24) is 0 Å². The molecule has 0 bridgehead atoms. The maximum atomic E-state index is 10.5. The molecule has 0 fully saturated rings. The topological polar surface area (TPSA) is 57.5 Å². The molecule has 2 atom stereocenters. The van der Waals surface area contributed by atoms with Crippen molar-refractivity contribution in [1.29, 1.82) is 0 Å². The van der Waals surface area contributed by atoms with Crippen LogP contribution in [0.15, 0.2) is 28.7 Å². The van der Waals surface area contributed by atoms with Crippen molar-refractivity contribution in [3.05, 3.63) is 34.3 Å². The van der Waals surface area contributed by atoms with Crippen molar-refractivity contribution in [2.75, 3.05) is 0 Å². The van der Waals surface area contributed by atoms with Crippen LogP contribution < -0.4 is 0 Å². The van der Waals surface area contributed by atoms with E-state index in [4.69, 9.17) is 5.11 Å². The van der Waals surface area contributed by atoms with Gasteiger partial charge >= 0.3 is 5.97 Å². The molecule has 0 aliphatic heterocycles. The van der Waals surface area contributed by atoms with Crippen LogP contribution in [0.1, 0.15) is 25.0 Å². The largest absolute Gasteiger partial charge is 0.481 e. The van der Waals surface area contributed by atoms with Gasteiger partial charge in [0.15, 0.2) is 0 Å². The summed E-state index contributed by atoms with van der Waals surface area (Å²) in [6.45, 7) is 1.72. The van der Waals surface area contributed by atoms with Gasteiger partial charge in [-0.05, 0) is 23.6 Å². The molecule has 4 heteroatoms. The Kier molecular flexibility index (Phi) is 4.29. The summed E-state index contributed by atoms with van der Waals surface area (Å²) in [5.74, 6) is -1.19. The number of carboxylic acids is 1. The lowest BCUT2D eigenvalue weighted by molar-refractivity contribution is -0.139. The van der Waals surface area contributed by atoms with Gasteiger partial charge in [-0.3, -0.25) is 4.79 Å². The number of aliphatic hydroxyl groups is 1. The third kappa shape index (κ3) is 3.64. The maximum absolute atomic E-state index is 10.5. The second-order valence-corrected chi connectivity index (χ2v) is 4.49. The van der Waals surface area contributed by atoms with Crippen molar-refractivity contribution in [2.45, 2.75) is 19.4 Å². The minimum Gasteiger partial charge on any atom is -0.481 e. The predicted octanol–water partition coefficient (Wildman–Crippen LogP) is 2.59. The van der Waals surface area contributed by atoms with Crippen LogP contribution in [0.2, 0.25) is 0 Å². The summed E-state index contributed by atoms with van der Waals surface area (Å²) in [4.78, 5) is 10.5. The van der Waals surface area contributed by atoms with Gasteiger partial charge in [-0.2, -0.15) is 0 Å². The monoisotopic (exact) mass is 272 g/mol. The Morgan fingerprint density at radius 1 is 1.53 bits per heavy atom. The lowest BCUT2D eigenvalue weighted by atomic mass is 9.95. The van der Waals surface area contributed by atoms with Gasteiger partial charge in [0.25, 0.3) is 0 Å². The van der Waals surface area contributed by atoms with Crippen LogP contribution in [0, 0.1) is 5.92 Å². The lowest BCUT2D eigenvalue weighted by Crippen LogP contribution is -2.13. The highest BCUT2D eigenvalue weighted by atomic mass is 79.9. The zero-order valence-corrected chi connectivity index (χ0v) is 9.94. The molecule has 0 aromatic heterocycles. The maximum Gasteiger partial charge on any atom is 0.303 e. The second-order valence-electron chi connectivity index (χ2n) is 3.57. The minimum atomic E-state index is -0.892. The van der Waals surface area contributed by atoms with Crippen LogP contribution in [0.25, 0.3) is 0 Å². The second kappa shape index (κ2) is 5.28. The first kappa shape index (κ1) is 12.2. The van der Waals surface area contributed by atoms with Gasteiger partial charge in [-0.25, -0.2) is 0 Å². The summed E-state index contributed by atoms with van der Waals surface area (Å²) in [7, 11) is 0. The molecule has 15 heavy (non-hydrogen) atoms. The quantitative estimate of drug-likeness (QED) is 0.886. The highest BCUT2D eigenvalue weighted by molar-refractivity contribution is 9.10. The molecular formula is C11H13BrO3. The summed E-state index contributed by atoms with van der Waals surface area (Å²) >= 11 is 3.30. The number of hydrogen-bond donors (Lipinski definition) is 2. The number of carbonyl (C=O) groups is 1. The molecule has 0 spiro atoms. The molecule has 1 rings (SSSR count). The zero-order chi connectivity index (χ0) is 11.4. The first-order valence-corrected chi connectivity index (χ1v) is 5.45. The summed E-state index contributed by atoms with van der Waals surface area (Å²) in [5.41, 5.74) is 0.734. The van der Waals surface area contributed by atoms with Crippen LogP contribution in [0.4, 0.5) is 0 Å². The smallest absolute Gasteiger partial charge is 0.303 e. The molecule has 2 unspecified atom stereocenters. The SMILES string of the molecule is CC(CC(=O)O)C(O)c1cccc(Br)c1. The van der Waals surface area contributed by atoms with Crippen LogP contribution in [0.5, 0.6) is 0 Å². The molecule has 0 aliphatic rings. The van der Waals surface area contributed by atoms with Crippen molar-refractivity contribution in [2.24, 2.45) is 5.92 Å². The third-order valence-corrected chi connectivity index (χ3v) is 2.72. The van der Waals surface area contributed by atoms with Crippen molar-refractivity contribution >= 4 is 21.9 Å². The summed E-state index contributed by atoms with van der Waals surface area (Å²) in [5, 5.41) is 18.5. The Balaban J connectivity index is 2.75. The van der Waals surface area contributed by atoms with Gasteiger partial charge in [0.2, 0.25) is 0 Å². The summed E-state index contributed by atoms with van der Waals surface area (Å²) in [6, 6.07) is 7.25. The predicted molar refractivity (Wildman–Crippen MR) is 60.5 cm³/mol. The molecule has 0 saturated heterocycles. The number of rotatable bonds is 4. The van der Waals surface area contributed by atoms with E-state index in [1.165, 1.54) is 0 Å². The van der Waals surface area contributed by atoms with Crippen LogP contribution >= 0.6 is 15.9 Å². The van der Waals surface area contributed by atoms with Crippen molar-refractivity contribution in [3.8, 4) is 0 Å². The van der Waals surface area contributed by atoms with E-state index < -0.39 is 12.1 Å². The molecule has 0 heterocycles. The Bertz CT molecular complexity index is 351. The molecule has 2 N–H and O–H groups in total. The van der Waals surface area contributed by atoms with E-state index in [0.717, 1.165) is 10.0 Å². The van der Waals surface area contributed by atoms with Gasteiger partial charge in [0.05, 0.1) is 12.5 Å². The van der Waals surface area contributed by atoms with Gasteiger partial charge in [-0.15, -0.1) is 0 Å². The number of carboxylic acid groups (broad SMARTS) is 1. The van der Waals surface area contributed by atoms with Crippen LogP contribution in [-0.2, 0) is 4.79 Å². The Morgan fingerprint density at radius 3 is 2.73 bits per heavy atom. The standard InChI is InChI=1S/C11H13BrO3/c1-7(5-10(13)14)11(15)8-3-2-4-9(12)6-8/h2-4,6-7,11,15H,5H2,1H3,(H,13,14). The molecule has 0 saturated carbocycles. The van der Waals surface area contributed by atoms with Crippen molar-refractivity contribution in [3.63, 3.8) is 0 Å². The molecule has 1 aromatic carbocycles. The number of aliphatic carboxylic acids is 1. The molecule has 1 aromatic rings. The number of aliphatic hydroxyl groups excluding tert-OH is 1. The van der Waals surface area contributed by atoms with Crippen LogP contribution in [-0.4, -0.2) is 16.2 Å². The molecule has 82 valence electrons. The first-order chi connectivity index (χ1) is 7.00. The van der Waals surface area contributed by atoms with Gasteiger partial charge in [0.1, 0.15) is 0 Å². The normalized spacial score (nSPS) is 14.6. The Hall–Kier alpha value is -0.870. The van der Waals surface area contributed by atoms with E-state index in [0.29, 0.717) is 0 Å². The number of halogens is 1. The number of benzene rings is 1. The van der Waals surface area contributed by atoms with Crippen LogP contribution in [0.3, 0.4) is 0 Å². The van der Waals surface area contributed by atoms with E-state index in [1.807, 2.05) is 12.1 Å². The average Bonchev–Trinajstić information content (AvgIpc) is 2.15. The van der Waals surface area contributed by atoms with E-state index in [9.17, 15) is 9.90 Å². The lowest BCUT2D eigenvalue weighted by Gasteiger charge is -2.17. The highest BCUT2D eigenvalue weighted by Crippen LogP contribution is 2.26. The molecule has 0 amide bonds. The molecule has 0 aliphatic carbocycles. The van der Waals surface area contributed by atoms with E-state index in [-0.39, 0.29) is 12.3 Å². The molecule has 0 radical (unpaired) electrons.